The molecule has 136 valence electrons. The highest BCUT2D eigenvalue weighted by atomic mass is 16.2. The molecule has 8 nitrogen and oxygen atoms in total. The van der Waals surface area contributed by atoms with Crippen molar-refractivity contribution in [3.05, 3.63) is 18.0 Å². The molecule has 3 rings (SSSR count). The number of hydrogen-bond acceptors (Lipinski definition) is 4. The van der Waals surface area contributed by atoms with Crippen molar-refractivity contribution in [1.82, 2.24) is 24.5 Å². The highest BCUT2D eigenvalue weighted by Crippen LogP contribution is 2.17. The zero-order chi connectivity index (χ0) is 18.0. The fourth-order valence-corrected chi connectivity index (χ4v) is 3.50. The Hall–Kier alpha value is -2.38. The standard InChI is InChI=1S/C17H25N5O3/c1-13-17(25)21(8-4-7-20-6-3-5-15(20)23)12-16(24)22(13)11-14-9-18-19(2)10-14/h9-10,13H,3-8,11-12H2,1-2H3/t13-/m0/s1. The maximum Gasteiger partial charge on any atom is 0.245 e. The van der Waals surface area contributed by atoms with Crippen molar-refractivity contribution < 1.29 is 14.4 Å². The molecule has 2 saturated heterocycles. The number of nitrogens with zero attached hydrogens (tertiary/aromatic N) is 5. The van der Waals surface area contributed by atoms with Crippen LogP contribution in [0.4, 0.5) is 0 Å². The van der Waals surface area contributed by atoms with Gasteiger partial charge < -0.3 is 14.7 Å². The van der Waals surface area contributed by atoms with E-state index in [9.17, 15) is 14.4 Å². The first kappa shape index (κ1) is 17.4. The summed E-state index contributed by atoms with van der Waals surface area (Å²) in [6.45, 7) is 4.25. The minimum absolute atomic E-state index is 0.0313. The van der Waals surface area contributed by atoms with Gasteiger partial charge in [-0.2, -0.15) is 5.10 Å². The summed E-state index contributed by atoms with van der Waals surface area (Å²) < 4.78 is 1.68. The van der Waals surface area contributed by atoms with E-state index in [0.717, 1.165) is 18.5 Å². The van der Waals surface area contributed by atoms with Crippen molar-refractivity contribution in [3.63, 3.8) is 0 Å². The van der Waals surface area contributed by atoms with Crippen molar-refractivity contribution in [3.8, 4) is 0 Å². The summed E-state index contributed by atoms with van der Waals surface area (Å²) in [6.07, 6.45) is 5.82. The third kappa shape index (κ3) is 3.83. The normalized spacial score (nSPS) is 21.6. The summed E-state index contributed by atoms with van der Waals surface area (Å²) in [6, 6.07) is -0.477. The van der Waals surface area contributed by atoms with E-state index in [1.807, 2.05) is 18.1 Å². The number of rotatable bonds is 6. The molecule has 1 aromatic heterocycles. The van der Waals surface area contributed by atoms with Crippen LogP contribution in [0.5, 0.6) is 0 Å². The molecule has 0 aromatic carbocycles. The number of piperazine rings is 1. The number of carbonyl (C=O) groups is 3. The van der Waals surface area contributed by atoms with Gasteiger partial charge in [-0.25, -0.2) is 0 Å². The van der Waals surface area contributed by atoms with E-state index in [1.54, 1.807) is 27.6 Å². The molecule has 0 radical (unpaired) electrons. The van der Waals surface area contributed by atoms with Gasteiger partial charge in [-0.1, -0.05) is 0 Å². The fraction of sp³-hybridized carbons (Fsp3) is 0.647. The smallest absolute Gasteiger partial charge is 0.245 e. The van der Waals surface area contributed by atoms with Gasteiger partial charge >= 0.3 is 0 Å². The van der Waals surface area contributed by atoms with E-state index in [2.05, 4.69) is 5.10 Å². The number of carbonyl (C=O) groups excluding carboxylic acids is 3. The van der Waals surface area contributed by atoms with Crippen LogP contribution >= 0.6 is 0 Å². The molecular formula is C17H25N5O3. The monoisotopic (exact) mass is 347 g/mol. The van der Waals surface area contributed by atoms with E-state index in [4.69, 9.17) is 0 Å². The van der Waals surface area contributed by atoms with Crippen LogP contribution in [0.2, 0.25) is 0 Å². The SMILES string of the molecule is C[C@H]1C(=O)N(CCCN2CCCC2=O)CC(=O)N1Cc1cnn(C)c1. The second-order valence-electron chi connectivity index (χ2n) is 6.82. The third-order valence-corrected chi connectivity index (χ3v) is 4.92. The second-order valence-corrected chi connectivity index (χ2v) is 6.82. The maximum absolute atomic E-state index is 12.6. The van der Waals surface area contributed by atoms with Gasteiger partial charge in [0.05, 0.1) is 12.7 Å². The van der Waals surface area contributed by atoms with Crippen molar-refractivity contribution in [2.45, 2.75) is 38.8 Å². The Morgan fingerprint density at radius 3 is 2.56 bits per heavy atom. The van der Waals surface area contributed by atoms with E-state index in [0.29, 0.717) is 32.5 Å². The predicted octanol–water partition coefficient (Wildman–Crippen LogP) is -0.00810. The van der Waals surface area contributed by atoms with Gasteiger partial charge in [-0.3, -0.25) is 19.1 Å². The lowest BCUT2D eigenvalue weighted by atomic mass is 10.1. The van der Waals surface area contributed by atoms with Gasteiger partial charge in [0.25, 0.3) is 0 Å². The molecule has 8 heteroatoms. The van der Waals surface area contributed by atoms with Gasteiger partial charge in [0.2, 0.25) is 17.7 Å². The molecule has 25 heavy (non-hydrogen) atoms. The minimum atomic E-state index is -0.477. The van der Waals surface area contributed by atoms with Gasteiger partial charge in [-0.05, 0) is 19.8 Å². The van der Waals surface area contributed by atoms with Crippen LogP contribution < -0.4 is 0 Å². The molecule has 0 aliphatic carbocycles. The summed E-state index contributed by atoms with van der Waals surface area (Å²) in [5.41, 5.74) is 0.913. The Morgan fingerprint density at radius 1 is 1.16 bits per heavy atom. The van der Waals surface area contributed by atoms with Crippen LogP contribution in [0.15, 0.2) is 12.4 Å². The number of amides is 3. The molecule has 3 heterocycles. The van der Waals surface area contributed by atoms with Gasteiger partial charge in [0, 0.05) is 51.4 Å². The number of hydrogen-bond donors (Lipinski definition) is 0. The molecule has 2 aliphatic heterocycles. The van der Waals surface area contributed by atoms with Crippen molar-refractivity contribution in [2.24, 2.45) is 7.05 Å². The zero-order valence-corrected chi connectivity index (χ0v) is 14.8. The average Bonchev–Trinajstić information content (AvgIpc) is 3.17. The van der Waals surface area contributed by atoms with Crippen molar-refractivity contribution in [1.29, 1.82) is 0 Å². The van der Waals surface area contributed by atoms with Crippen LogP contribution in [0, 0.1) is 0 Å². The lowest BCUT2D eigenvalue weighted by molar-refractivity contribution is -0.155. The molecular weight excluding hydrogens is 322 g/mol. The van der Waals surface area contributed by atoms with E-state index < -0.39 is 6.04 Å². The van der Waals surface area contributed by atoms with Gasteiger partial charge in [0.1, 0.15) is 6.04 Å². The first-order valence-electron chi connectivity index (χ1n) is 8.79. The Kier molecular flexibility index (Phi) is 5.06. The number of aromatic nitrogens is 2. The molecule has 0 unspecified atom stereocenters. The van der Waals surface area contributed by atoms with E-state index in [-0.39, 0.29) is 24.3 Å². The van der Waals surface area contributed by atoms with Crippen molar-refractivity contribution in [2.75, 3.05) is 26.2 Å². The van der Waals surface area contributed by atoms with Crippen LogP contribution in [-0.2, 0) is 28.0 Å². The Bertz CT molecular complexity index is 671. The summed E-state index contributed by atoms with van der Waals surface area (Å²) in [7, 11) is 1.82. The third-order valence-electron chi connectivity index (χ3n) is 4.92. The largest absolute Gasteiger partial charge is 0.343 e. The molecule has 3 amide bonds. The first-order valence-corrected chi connectivity index (χ1v) is 8.79. The molecule has 1 aromatic rings. The van der Waals surface area contributed by atoms with Crippen LogP contribution in [0.1, 0.15) is 31.7 Å². The number of likely N-dealkylation sites (tertiary alicyclic amines) is 1. The quantitative estimate of drug-likeness (QED) is 0.725. The van der Waals surface area contributed by atoms with Gasteiger partial charge in [0.15, 0.2) is 0 Å². The number of aryl methyl sites for hydroxylation is 1. The summed E-state index contributed by atoms with van der Waals surface area (Å²) in [4.78, 5) is 41.8. The Labute approximate surface area is 147 Å². The Morgan fingerprint density at radius 2 is 1.92 bits per heavy atom. The molecule has 0 bridgehead atoms. The highest BCUT2D eigenvalue weighted by molar-refractivity contribution is 5.94. The molecule has 2 aliphatic rings. The van der Waals surface area contributed by atoms with Crippen LogP contribution in [0.3, 0.4) is 0 Å². The van der Waals surface area contributed by atoms with Crippen molar-refractivity contribution >= 4 is 17.7 Å². The predicted molar refractivity (Wildman–Crippen MR) is 90.2 cm³/mol. The molecule has 0 N–H and O–H groups in total. The second kappa shape index (κ2) is 7.25. The van der Waals surface area contributed by atoms with E-state index in [1.165, 1.54) is 0 Å². The summed E-state index contributed by atoms with van der Waals surface area (Å²) >= 11 is 0. The van der Waals surface area contributed by atoms with E-state index >= 15 is 0 Å². The first-order chi connectivity index (χ1) is 12.0. The minimum Gasteiger partial charge on any atom is -0.343 e. The van der Waals surface area contributed by atoms with Crippen LogP contribution in [-0.4, -0.2) is 74.4 Å². The average molecular weight is 347 g/mol. The molecule has 2 fully saturated rings. The maximum atomic E-state index is 12.6. The Balaban J connectivity index is 1.53. The lowest BCUT2D eigenvalue weighted by Crippen LogP contribution is -2.58. The van der Waals surface area contributed by atoms with Crippen LogP contribution in [0.25, 0.3) is 0 Å². The lowest BCUT2D eigenvalue weighted by Gasteiger charge is -2.38. The fourth-order valence-electron chi connectivity index (χ4n) is 3.50. The topological polar surface area (TPSA) is 78.8 Å². The summed E-state index contributed by atoms with van der Waals surface area (Å²) in [5.74, 6) is 0.113. The zero-order valence-electron chi connectivity index (χ0n) is 14.8. The molecule has 1 atom stereocenters. The molecule has 0 saturated carbocycles. The summed E-state index contributed by atoms with van der Waals surface area (Å²) in [5, 5.41) is 4.10. The molecule has 0 spiro atoms. The highest BCUT2D eigenvalue weighted by Gasteiger charge is 2.36. The van der Waals surface area contributed by atoms with Gasteiger partial charge in [-0.15, -0.1) is 0 Å².